The fourth-order valence-electron chi connectivity index (χ4n) is 4.31. The van der Waals surface area contributed by atoms with Crippen molar-refractivity contribution >= 4 is 28.5 Å². The number of nitrogens with one attached hydrogen (secondary N) is 2. The predicted molar refractivity (Wildman–Crippen MR) is 130 cm³/mol. The number of aromatic nitrogens is 2. The average Bonchev–Trinajstić information content (AvgIpc) is 3.43. The first kappa shape index (κ1) is 23.3. The Morgan fingerprint density at radius 3 is 2.42 bits per heavy atom. The van der Waals surface area contributed by atoms with E-state index in [0.29, 0.717) is 28.1 Å². The van der Waals surface area contributed by atoms with Crippen LogP contribution < -0.4 is 20.5 Å². The second-order valence-electron chi connectivity index (χ2n) is 8.93. The number of ether oxygens (including phenoxy) is 1. The van der Waals surface area contributed by atoms with Crippen LogP contribution in [0.25, 0.3) is 22.0 Å². The molecule has 1 fully saturated rings. The maximum atomic E-state index is 14.4. The molecule has 3 amide bonds. The molecule has 2 aromatic heterocycles. The molecular formula is C26H22F2N4O4. The van der Waals surface area contributed by atoms with Crippen LogP contribution in [0.4, 0.5) is 19.3 Å². The van der Waals surface area contributed by atoms with Gasteiger partial charge >= 0.3 is 6.03 Å². The monoisotopic (exact) mass is 492 g/mol. The van der Waals surface area contributed by atoms with Crippen molar-refractivity contribution in [3.05, 3.63) is 76.8 Å². The van der Waals surface area contributed by atoms with Gasteiger partial charge in [0.05, 0.1) is 5.69 Å². The van der Waals surface area contributed by atoms with Crippen LogP contribution in [0.3, 0.4) is 0 Å². The molecule has 5 rings (SSSR count). The van der Waals surface area contributed by atoms with Crippen LogP contribution in [0.2, 0.25) is 0 Å². The van der Waals surface area contributed by atoms with Gasteiger partial charge in [0.2, 0.25) is 0 Å². The van der Waals surface area contributed by atoms with Crippen LogP contribution in [-0.2, 0) is 11.8 Å². The molecule has 36 heavy (non-hydrogen) atoms. The first-order valence-corrected chi connectivity index (χ1v) is 11.2. The molecule has 2 N–H and O–H groups in total. The lowest BCUT2D eigenvalue weighted by atomic mass is 10.0. The summed E-state index contributed by atoms with van der Waals surface area (Å²) >= 11 is 0. The molecule has 0 spiro atoms. The molecule has 1 aliphatic rings. The number of rotatable bonds is 5. The molecule has 184 valence electrons. The smallest absolute Gasteiger partial charge is 0.329 e. The Labute approximate surface area is 204 Å². The number of H-pyrrole nitrogens is 1. The molecule has 0 saturated carbocycles. The lowest BCUT2D eigenvalue weighted by Gasteiger charge is -2.19. The van der Waals surface area contributed by atoms with Gasteiger partial charge in [-0.3, -0.25) is 9.59 Å². The molecule has 8 nitrogen and oxygen atoms in total. The number of urea groups is 1. The third-order valence-corrected chi connectivity index (χ3v) is 6.15. The van der Waals surface area contributed by atoms with Gasteiger partial charge in [-0.25, -0.2) is 18.5 Å². The SMILES string of the molecule is CC(C)[C@@H]1NC(=O)N(c2ccc(Oc3ccc(F)cc3F)c(-c3cn(C)c(=O)c4[nH]ccc34)c2)C1=O. The minimum Gasteiger partial charge on any atom is -0.454 e. The number of fused-ring (bicyclic) bond motifs is 1. The highest BCUT2D eigenvalue weighted by atomic mass is 19.1. The van der Waals surface area contributed by atoms with Crippen LogP contribution in [0, 0.1) is 17.6 Å². The van der Waals surface area contributed by atoms with Crippen molar-refractivity contribution in [2.45, 2.75) is 19.9 Å². The number of nitrogens with zero attached hydrogens (tertiary/aromatic N) is 2. The van der Waals surface area contributed by atoms with E-state index in [-0.39, 0.29) is 28.7 Å². The van der Waals surface area contributed by atoms with Gasteiger partial charge in [0.15, 0.2) is 11.6 Å². The summed E-state index contributed by atoms with van der Waals surface area (Å²) in [5.41, 5.74) is 1.30. The Morgan fingerprint density at radius 2 is 1.72 bits per heavy atom. The van der Waals surface area contributed by atoms with E-state index < -0.39 is 29.6 Å². The van der Waals surface area contributed by atoms with Crippen molar-refractivity contribution in [3.63, 3.8) is 0 Å². The van der Waals surface area contributed by atoms with Crippen molar-refractivity contribution in [1.82, 2.24) is 14.9 Å². The van der Waals surface area contributed by atoms with E-state index in [1.807, 2.05) is 13.8 Å². The summed E-state index contributed by atoms with van der Waals surface area (Å²) in [5, 5.41) is 3.26. The number of carbonyl (C=O) groups is 2. The highest BCUT2D eigenvalue weighted by molar-refractivity contribution is 6.21. The Hall–Kier alpha value is -4.47. The first-order valence-electron chi connectivity index (χ1n) is 11.2. The van der Waals surface area contributed by atoms with Crippen LogP contribution in [-0.4, -0.2) is 27.5 Å². The second kappa shape index (κ2) is 8.63. The summed E-state index contributed by atoms with van der Waals surface area (Å²) in [6.45, 7) is 3.66. The Kier molecular flexibility index (Phi) is 5.58. The van der Waals surface area contributed by atoms with Gasteiger partial charge in [0.1, 0.15) is 23.1 Å². The van der Waals surface area contributed by atoms with E-state index in [2.05, 4.69) is 10.3 Å². The summed E-state index contributed by atoms with van der Waals surface area (Å²) < 4.78 is 35.1. The minimum absolute atomic E-state index is 0.113. The van der Waals surface area contributed by atoms with E-state index in [1.165, 1.54) is 22.8 Å². The van der Waals surface area contributed by atoms with E-state index >= 15 is 0 Å². The van der Waals surface area contributed by atoms with Crippen molar-refractivity contribution in [3.8, 4) is 22.6 Å². The number of hydrogen-bond acceptors (Lipinski definition) is 4. The molecular weight excluding hydrogens is 470 g/mol. The van der Waals surface area contributed by atoms with Crippen molar-refractivity contribution in [2.24, 2.45) is 13.0 Å². The van der Waals surface area contributed by atoms with Gasteiger partial charge in [-0.1, -0.05) is 13.8 Å². The third kappa shape index (κ3) is 3.80. The van der Waals surface area contributed by atoms with Gasteiger partial charge in [-0.05, 0) is 42.3 Å². The maximum Gasteiger partial charge on any atom is 0.329 e. The summed E-state index contributed by atoms with van der Waals surface area (Å²) in [5.74, 6) is -2.19. The zero-order valence-corrected chi connectivity index (χ0v) is 19.6. The van der Waals surface area contributed by atoms with Gasteiger partial charge in [0.25, 0.3) is 11.5 Å². The minimum atomic E-state index is -0.897. The largest absolute Gasteiger partial charge is 0.454 e. The van der Waals surface area contributed by atoms with E-state index in [9.17, 15) is 23.2 Å². The molecule has 3 heterocycles. The summed E-state index contributed by atoms with van der Waals surface area (Å²) in [7, 11) is 1.58. The van der Waals surface area contributed by atoms with Crippen molar-refractivity contribution in [2.75, 3.05) is 4.90 Å². The zero-order valence-electron chi connectivity index (χ0n) is 19.6. The number of imide groups is 1. The standard InChI is InChI=1S/C26H22F2N4O4/c1-13(2)22-25(34)32(26(35)30-22)15-5-7-20(36-21-6-4-14(27)10-19(21)28)17(11-15)18-12-31(3)24(33)23-16(18)8-9-29-23/h4-13,22,29H,1-3H3,(H,30,35)/t22-/m0/s1. The molecule has 0 bridgehead atoms. The first-order chi connectivity index (χ1) is 17.2. The van der Waals surface area contributed by atoms with Crippen LogP contribution in [0.5, 0.6) is 11.5 Å². The summed E-state index contributed by atoms with van der Waals surface area (Å²) in [6, 6.07) is 8.01. The van der Waals surface area contributed by atoms with Gasteiger partial charge in [0, 0.05) is 42.0 Å². The fraction of sp³-hybridized carbons (Fsp3) is 0.192. The molecule has 1 aliphatic heterocycles. The molecule has 10 heteroatoms. The molecule has 1 saturated heterocycles. The molecule has 0 aliphatic carbocycles. The van der Waals surface area contributed by atoms with Crippen LogP contribution in [0.1, 0.15) is 13.8 Å². The van der Waals surface area contributed by atoms with Gasteiger partial charge in [-0.15, -0.1) is 0 Å². The maximum absolute atomic E-state index is 14.4. The predicted octanol–water partition coefficient (Wildman–Crippen LogP) is 4.68. The highest BCUT2D eigenvalue weighted by Crippen LogP contribution is 2.40. The normalized spacial score (nSPS) is 15.7. The number of anilines is 1. The molecule has 0 unspecified atom stereocenters. The summed E-state index contributed by atoms with van der Waals surface area (Å²) in [4.78, 5) is 42.3. The molecule has 1 atom stereocenters. The zero-order chi connectivity index (χ0) is 25.7. The number of pyridine rings is 1. The number of aromatic amines is 1. The van der Waals surface area contributed by atoms with Crippen molar-refractivity contribution in [1.29, 1.82) is 0 Å². The number of amides is 3. The van der Waals surface area contributed by atoms with Crippen LogP contribution in [0.15, 0.2) is 59.7 Å². The quantitative estimate of drug-likeness (QED) is 0.395. The Bertz CT molecular complexity index is 1590. The molecule has 0 radical (unpaired) electrons. The number of benzene rings is 2. The molecule has 2 aromatic carbocycles. The third-order valence-electron chi connectivity index (χ3n) is 6.15. The van der Waals surface area contributed by atoms with Crippen LogP contribution >= 0.6 is 0 Å². The van der Waals surface area contributed by atoms with Crippen molar-refractivity contribution < 1.29 is 23.1 Å². The number of hydrogen-bond donors (Lipinski definition) is 2. The fourth-order valence-corrected chi connectivity index (χ4v) is 4.31. The van der Waals surface area contributed by atoms with Gasteiger partial charge in [-0.2, -0.15) is 0 Å². The number of carbonyl (C=O) groups excluding carboxylic acids is 2. The number of aryl methyl sites for hydroxylation is 1. The van der Waals surface area contributed by atoms with E-state index in [0.717, 1.165) is 11.0 Å². The number of halogens is 2. The second-order valence-corrected chi connectivity index (χ2v) is 8.93. The summed E-state index contributed by atoms with van der Waals surface area (Å²) in [6.07, 6.45) is 3.21. The lowest BCUT2D eigenvalue weighted by molar-refractivity contribution is -0.119. The molecule has 4 aromatic rings. The van der Waals surface area contributed by atoms with E-state index in [1.54, 1.807) is 31.6 Å². The Morgan fingerprint density at radius 1 is 0.972 bits per heavy atom. The van der Waals surface area contributed by atoms with E-state index in [4.69, 9.17) is 4.74 Å². The highest BCUT2D eigenvalue weighted by Gasteiger charge is 2.40. The Balaban J connectivity index is 1.70. The average molecular weight is 492 g/mol. The van der Waals surface area contributed by atoms with Gasteiger partial charge < -0.3 is 19.6 Å². The topological polar surface area (TPSA) is 96.4 Å². The lowest BCUT2D eigenvalue weighted by Crippen LogP contribution is -2.34.